The first kappa shape index (κ1) is 18.5. The number of esters is 1. The molecule has 1 fully saturated rings. The maximum Gasteiger partial charge on any atom is 0.355 e. The van der Waals surface area contributed by atoms with Gasteiger partial charge in [0.05, 0.1) is 12.3 Å². The van der Waals surface area contributed by atoms with Gasteiger partial charge in [-0.3, -0.25) is 4.79 Å². The minimum absolute atomic E-state index is 0. The summed E-state index contributed by atoms with van der Waals surface area (Å²) < 4.78 is 6.62. The minimum Gasteiger partial charge on any atom is -0.461 e. The van der Waals surface area contributed by atoms with Crippen LogP contribution in [0.4, 0.5) is 5.69 Å². The van der Waals surface area contributed by atoms with Gasteiger partial charge in [-0.25, -0.2) is 4.79 Å². The van der Waals surface area contributed by atoms with E-state index in [0.717, 1.165) is 25.9 Å². The highest BCUT2D eigenvalue weighted by molar-refractivity contribution is 5.94. The quantitative estimate of drug-likeness (QED) is 0.782. The normalized spacial score (nSPS) is 16.9. The zero-order valence-electron chi connectivity index (χ0n) is 13.1. The van der Waals surface area contributed by atoms with Crippen LogP contribution < -0.4 is 10.6 Å². The molecule has 0 bridgehead atoms. The highest BCUT2D eigenvalue weighted by Crippen LogP contribution is 2.17. The summed E-state index contributed by atoms with van der Waals surface area (Å²) in [6.07, 6.45) is 4.28. The van der Waals surface area contributed by atoms with Gasteiger partial charge in [0.25, 0.3) is 0 Å². The molecular weight excluding hydrogens is 306 g/mol. The van der Waals surface area contributed by atoms with Crippen molar-refractivity contribution < 1.29 is 14.3 Å². The summed E-state index contributed by atoms with van der Waals surface area (Å²) in [6, 6.07) is 1.65. The fourth-order valence-corrected chi connectivity index (χ4v) is 2.56. The molecule has 2 N–H and O–H groups in total. The molecule has 1 aromatic rings. The Hall–Kier alpha value is -1.53. The van der Waals surface area contributed by atoms with E-state index in [2.05, 4.69) is 10.6 Å². The lowest BCUT2D eigenvalue weighted by molar-refractivity contribution is -0.116. The Bertz CT molecular complexity index is 510. The first-order chi connectivity index (χ1) is 10.1. The van der Waals surface area contributed by atoms with Crippen molar-refractivity contribution in [3.8, 4) is 0 Å². The molecule has 22 heavy (non-hydrogen) atoms. The topological polar surface area (TPSA) is 72.4 Å². The van der Waals surface area contributed by atoms with Gasteiger partial charge in [0, 0.05) is 19.7 Å². The Labute approximate surface area is 137 Å². The van der Waals surface area contributed by atoms with Crippen LogP contribution >= 0.6 is 12.4 Å². The Morgan fingerprint density at radius 1 is 1.50 bits per heavy atom. The number of hydrogen-bond acceptors (Lipinski definition) is 4. The lowest BCUT2D eigenvalue weighted by atomic mass is 10.0. The van der Waals surface area contributed by atoms with E-state index in [-0.39, 0.29) is 24.3 Å². The molecule has 1 aromatic heterocycles. The van der Waals surface area contributed by atoms with Gasteiger partial charge in [0.15, 0.2) is 0 Å². The van der Waals surface area contributed by atoms with Crippen molar-refractivity contribution in [3.63, 3.8) is 0 Å². The lowest BCUT2D eigenvalue weighted by Crippen LogP contribution is -2.14. The molecule has 0 aromatic carbocycles. The van der Waals surface area contributed by atoms with E-state index < -0.39 is 0 Å². The van der Waals surface area contributed by atoms with Gasteiger partial charge >= 0.3 is 5.97 Å². The highest BCUT2D eigenvalue weighted by atomic mass is 35.5. The van der Waals surface area contributed by atoms with E-state index in [9.17, 15) is 9.59 Å². The van der Waals surface area contributed by atoms with Gasteiger partial charge in [-0.2, -0.15) is 0 Å². The predicted octanol–water partition coefficient (Wildman–Crippen LogP) is 1.95. The van der Waals surface area contributed by atoms with Crippen molar-refractivity contribution in [3.05, 3.63) is 18.0 Å². The molecule has 1 aliphatic rings. The molecule has 1 atom stereocenters. The van der Waals surface area contributed by atoms with Gasteiger partial charge in [0.2, 0.25) is 5.91 Å². The molecule has 1 amide bonds. The van der Waals surface area contributed by atoms with Crippen LogP contribution in [0.5, 0.6) is 0 Å². The number of carbonyl (C=O) groups excluding carboxylic acids is 2. The number of rotatable bonds is 6. The maximum absolute atomic E-state index is 11.9. The van der Waals surface area contributed by atoms with Crippen LogP contribution in [0.3, 0.4) is 0 Å². The van der Waals surface area contributed by atoms with Gasteiger partial charge in [-0.05, 0) is 44.8 Å². The van der Waals surface area contributed by atoms with Crippen LogP contribution in [0.15, 0.2) is 12.3 Å². The predicted molar refractivity (Wildman–Crippen MR) is 87.5 cm³/mol. The lowest BCUT2D eigenvalue weighted by Gasteiger charge is -2.07. The summed E-state index contributed by atoms with van der Waals surface area (Å²) in [5.74, 6) is 0.210. The molecule has 1 aliphatic heterocycles. The largest absolute Gasteiger partial charge is 0.461 e. The molecule has 2 heterocycles. The second-order valence-corrected chi connectivity index (χ2v) is 5.39. The Morgan fingerprint density at radius 3 is 2.91 bits per heavy atom. The molecule has 1 saturated heterocycles. The number of nitrogens with zero attached hydrogens (tertiary/aromatic N) is 1. The minimum atomic E-state index is -0.377. The van der Waals surface area contributed by atoms with Gasteiger partial charge < -0.3 is 19.9 Å². The Kier molecular flexibility index (Phi) is 7.41. The average molecular weight is 330 g/mol. The number of ether oxygens (including phenoxy) is 1. The zero-order chi connectivity index (χ0) is 15.2. The number of aromatic nitrogens is 1. The number of aryl methyl sites for hydroxylation is 1. The standard InChI is InChI=1S/C15H23N3O3.ClH/c1-3-21-15(20)13-8-12(10-18(13)2)17-14(19)5-4-11-6-7-16-9-11;/h8,10-11,16H,3-7,9H2,1-2H3,(H,17,19);1H. The summed E-state index contributed by atoms with van der Waals surface area (Å²) in [6.45, 7) is 4.15. The van der Waals surface area contributed by atoms with Gasteiger partial charge in [-0.1, -0.05) is 0 Å². The van der Waals surface area contributed by atoms with Crippen molar-refractivity contribution in [2.24, 2.45) is 13.0 Å². The fourth-order valence-electron chi connectivity index (χ4n) is 2.56. The van der Waals surface area contributed by atoms with E-state index in [1.54, 1.807) is 30.8 Å². The van der Waals surface area contributed by atoms with E-state index in [1.807, 2.05) is 0 Å². The number of hydrogen-bond donors (Lipinski definition) is 2. The third-order valence-electron chi connectivity index (χ3n) is 3.72. The number of halogens is 1. The van der Waals surface area contributed by atoms with Crippen LogP contribution in [0.25, 0.3) is 0 Å². The van der Waals surface area contributed by atoms with Crippen molar-refractivity contribution >= 4 is 30.0 Å². The number of amides is 1. The van der Waals surface area contributed by atoms with E-state index in [0.29, 0.717) is 30.3 Å². The SMILES string of the molecule is CCOC(=O)c1cc(NC(=O)CCC2CCNC2)cn1C.Cl. The second kappa shape index (κ2) is 8.80. The van der Waals surface area contributed by atoms with Crippen molar-refractivity contribution in [2.75, 3.05) is 25.0 Å². The molecule has 0 radical (unpaired) electrons. The molecule has 1 unspecified atom stereocenters. The molecular formula is C15H24ClN3O3. The van der Waals surface area contributed by atoms with E-state index in [1.165, 1.54) is 0 Å². The van der Waals surface area contributed by atoms with Crippen LogP contribution in [-0.4, -0.2) is 36.1 Å². The van der Waals surface area contributed by atoms with Gasteiger partial charge in [0.1, 0.15) is 5.69 Å². The van der Waals surface area contributed by atoms with Gasteiger partial charge in [-0.15, -0.1) is 12.4 Å². The highest BCUT2D eigenvalue weighted by Gasteiger charge is 2.17. The second-order valence-electron chi connectivity index (χ2n) is 5.39. The van der Waals surface area contributed by atoms with Crippen molar-refractivity contribution in [1.29, 1.82) is 0 Å². The summed E-state index contributed by atoms with van der Waals surface area (Å²) in [5, 5.41) is 6.13. The van der Waals surface area contributed by atoms with Crippen LogP contribution in [0, 0.1) is 5.92 Å². The third-order valence-corrected chi connectivity index (χ3v) is 3.72. The first-order valence-corrected chi connectivity index (χ1v) is 7.44. The maximum atomic E-state index is 11.9. The number of carbonyl (C=O) groups is 2. The molecule has 2 rings (SSSR count). The summed E-state index contributed by atoms with van der Waals surface area (Å²) >= 11 is 0. The summed E-state index contributed by atoms with van der Waals surface area (Å²) in [4.78, 5) is 23.6. The van der Waals surface area contributed by atoms with Crippen molar-refractivity contribution in [2.45, 2.75) is 26.2 Å². The summed E-state index contributed by atoms with van der Waals surface area (Å²) in [5.41, 5.74) is 1.07. The molecule has 0 spiro atoms. The average Bonchev–Trinajstić information content (AvgIpc) is 3.06. The van der Waals surface area contributed by atoms with Crippen LogP contribution in [0.1, 0.15) is 36.7 Å². The molecule has 124 valence electrons. The monoisotopic (exact) mass is 329 g/mol. The molecule has 0 saturated carbocycles. The van der Waals surface area contributed by atoms with E-state index >= 15 is 0 Å². The fraction of sp³-hybridized carbons (Fsp3) is 0.600. The smallest absolute Gasteiger partial charge is 0.355 e. The van der Waals surface area contributed by atoms with E-state index in [4.69, 9.17) is 4.74 Å². The summed E-state index contributed by atoms with van der Waals surface area (Å²) in [7, 11) is 1.76. The zero-order valence-corrected chi connectivity index (χ0v) is 13.9. The van der Waals surface area contributed by atoms with Crippen molar-refractivity contribution in [1.82, 2.24) is 9.88 Å². The van der Waals surface area contributed by atoms with Crippen LogP contribution in [-0.2, 0) is 16.6 Å². The number of anilines is 1. The third kappa shape index (κ3) is 5.03. The molecule has 0 aliphatic carbocycles. The molecule has 6 nitrogen and oxygen atoms in total. The Morgan fingerprint density at radius 2 is 2.27 bits per heavy atom. The number of nitrogens with one attached hydrogen (secondary N) is 2. The first-order valence-electron chi connectivity index (χ1n) is 7.44. The van der Waals surface area contributed by atoms with Crippen LogP contribution in [0.2, 0.25) is 0 Å². The Balaban J connectivity index is 0.00000242. The molecule has 7 heteroatoms.